The van der Waals surface area contributed by atoms with Gasteiger partial charge >= 0.3 is 5.97 Å². The Hall–Kier alpha value is -3.04. The van der Waals surface area contributed by atoms with Gasteiger partial charge in [0, 0.05) is 10.9 Å². The number of carbonyl (C=O) groups excluding carboxylic acids is 1. The zero-order chi connectivity index (χ0) is 20.6. The number of aromatic nitrogens is 1. The summed E-state index contributed by atoms with van der Waals surface area (Å²) in [6, 6.07) is 7.89. The van der Waals surface area contributed by atoms with Crippen LogP contribution in [0, 0.1) is 25.2 Å². The lowest BCUT2D eigenvalue weighted by Gasteiger charge is -2.27. The molecule has 0 bridgehead atoms. The number of fused-ring (bicyclic) bond motifs is 1. The lowest BCUT2D eigenvalue weighted by molar-refractivity contribution is -0.139. The predicted octanol–water partition coefficient (Wildman–Crippen LogP) is 4.15. The number of halogens is 1. The molecule has 0 amide bonds. The van der Waals surface area contributed by atoms with Crippen molar-refractivity contribution in [2.75, 3.05) is 6.61 Å². The number of nitriles is 1. The van der Waals surface area contributed by atoms with Gasteiger partial charge in [0.2, 0.25) is 5.88 Å². The van der Waals surface area contributed by atoms with Crippen LogP contribution in [0.25, 0.3) is 10.9 Å². The van der Waals surface area contributed by atoms with E-state index >= 15 is 0 Å². The molecule has 3 rings (SSSR count). The topological polar surface area (TPSA) is 98.2 Å². The van der Waals surface area contributed by atoms with Crippen LogP contribution >= 0.6 is 11.6 Å². The molecule has 0 saturated heterocycles. The van der Waals surface area contributed by atoms with Crippen molar-refractivity contribution in [3.63, 3.8) is 0 Å². The lowest BCUT2D eigenvalue weighted by atomic mass is 9.83. The number of pyridine rings is 1. The maximum absolute atomic E-state index is 12.6. The number of esters is 1. The number of aryl methyl sites for hydroxylation is 2. The fraction of sp³-hybridized carbons (Fsp3) is 0.286. The maximum Gasteiger partial charge on any atom is 0.338 e. The summed E-state index contributed by atoms with van der Waals surface area (Å²) >= 11 is 6.51. The summed E-state index contributed by atoms with van der Waals surface area (Å²) in [4.78, 5) is 17.2. The molecule has 1 atom stereocenters. The molecule has 1 aliphatic rings. The van der Waals surface area contributed by atoms with Crippen LogP contribution in [0.4, 0.5) is 0 Å². The predicted molar refractivity (Wildman–Crippen MR) is 106 cm³/mol. The van der Waals surface area contributed by atoms with E-state index in [0.717, 1.165) is 22.0 Å². The molecular weight excluding hydrogens is 378 g/mol. The number of hydrogen-bond donors (Lipinski definition) is 1. The molecule has 2 aromatic rings. The summed E-state index contributed by atoms with van der Waals surface area (Å²) in [6.07, 6.45) is 0. The van der Waals surface area contributed by atoms with Crippen LogP contribution < -0.4 is 5.73 Å². The lowest BCUT2D eigenvalue weighted by Crippen LogP contribution is -2.26. The first kappa shape index (κ1) is 19.7. The van der Waals surface area contributed by atoms with Crippen LogP contribution in [0.15, 0.2) is 41.0 Å². The molecule has 0 fully saturated rings. The number of nitrogens with two attached hydrogens (primary N) is 1. The summed E-state index contributed by atoms with van der Waals surface area (Å²) < 4.78 is 10.6. The standard InChI is InChI=1S/C21H20ClN3O3/c1-5-27-21(26)16-12(4)28-20(24)15(9-23)17(16)14-8-13-7-10(2)6-11(3)18(13)25-19(14)22/h6-8,17H,5,24H2,1-4H3/t17-/m1/s1. The van der Waals surface area contributed by atoms with E-state index < -0.39 is 11.9 Å². The molecule has 28 heavy (non-hydrogen) atoms. The van der Waals surface area contributed by atoms with E-state index in [4.69, 9.17) is 26.8 Å². The fourth-order valence-corrected chi connectivity index (χ4v) is 3.76. The van der Waals surface area contributed by atoms with Crippen LogP contribution in [0.2, 0.25) is 5.15 Å². The summed E-state index contributed by atoms with van der Waals surface area (Å²) in [5.41, 5.74) is 9.56. The van der Waals surface area contributed by atoms with Gasteiger partial charge in [-0.05, 0) is 45.4 Å². The average molecular weight is 398 g/mol. The number of nitrogens with zero attached hydrogens (tertiary/aromatic N) is 2. The summed E-state index contributed by atoms with van der Waals surface area (Å²) in [6.45, 7) is 7.45. The first-order chi connectivity index (χ1) is 13.3. The van der Waals surface area contributed by atoms with Crippen molar-refractivity contribution in [3.05, 3.63) is 62.8 Å². The third-order valence-electron chi connectivity index (χ3n) is 4.65. The van der Waals surface area contributed by atoms with Crippen LogP contribution in [0.3, 0.4) is 0 Å². The molecule has 2 heterocycles. The first-order valence-electron chi connectivity index (χ1n) is 8.81. The Kier molecular flexibility index (Phi) is 5.30. The van der Waals surface area contributed by atoms with Gasteiger partial charge < -0.3 is 15.2 Å². The summed E-state index contributed by atoms with van der Waals surface area (Å²) in [5, 5.41) is 10.8. The minimum atomic E-state index is -0.817. The quantitative estimate of drug-likeness (QED) is 0.617. The number of carbonyl (C=O) groups is 1. The molecule has 6 nitrogen and oxygen atoms in total. The van der Waals surface area contributed by atoms with E-state index in [-0.39, 0.29) is 34.5 Å². The van der Waals surface area contributed by atoms with Crippen molar-refractivity contribution in [3.8, 4) is 6.07 Å². The highest BCUT2D eigenvalue weighted by Gasteiger charge is 2.37. The van der Waals surface area contributed by atoms with Gasteiger partial charge in [0.15, 0.2) is 0 Å². The zero-order valence-corrected chi connectivity index (χ0v) is 16.8. The Bertz CT molecular complexity index is 1100. The third-order valence-corrected chi connectivity index (χ3v) is 4.95. The molecule has 1 aromatic heterocycles. The average Bonchev–Trinajstić information content (AvgIpc) is 2.61. The van der Waals surface area contributed by atoms with E-state index in [1.54, 1.807) is 13.8 Å². The van der Waals surface area contributed by atoms with E-state index in [9.17, 15) is 10.1 Å². The molecule has 144 valence electrons. The molecule has 2 N–H and O–H groups in total. The van der Waals surface area contributed by atoms with Crippen LogP contribution in [0.1, 0.15) is 36.5 Å². The number of rotatable bonds is 3. The van der Waals surface area contributed by atoms with Gasteiger partial charge in [-0.2, -0.15) is 5.26 Å². The largest absolute Gasteiger partial charge is 0.463 e. The molecular formula is C21H20ClN3O3. The highest BCUT2D eigenvalue weighted by Crippen LogP contribution is 2.42. The molecule has 1 aromatic carbocycles. The van der Waals surface area contributed by atoms with Gasteiger partial charge in [-0.1, -0.05) is 23.2 Å². The van der Waals surface area contributed by atoms with Crippen molar-refractivity contribution < 1.29 is 14.3 Å². The van der Waals surface area contributed by atoms with E-state index in [0.29, 0.717) is 5.56 Å². The Morgan fingerprint density at radius 1 is 1.36 bits per heavy atom. The van der Waals surface area contributed by atoms with Crippen LogP contribution in [-0.2, 0) is 14.3 Å². The molecule has 1 aliphatic heterocycles. The SMILES string of the molecule is CCOC(=O)C1=C(C)OC(N)=C(C#N)[C@H]1c1cc2cc(C)cc(C)c2nc1Cl. The van der Waals surface area contributed by atoms with Crippen molar-refractivity contribution in [2.45, 2.75) is 33.6 Å². The summed E-state index contributed by atoms with van der Waals surface area (Å²) in [5.74, 6) is -1.18. The van der Waals surface area contributed by atoms with Crippen molar-refractivity contribution in [1.29, 1.82) is 5.26 Å². The fourth-order valence-electron chi connectivity index (χ4n) is 3.51. The van der Waals surface area contributed by atoms with Gasteiger partial charge in [0.05, 0.1) is 23.6 Å². The van der Waals surface area contributed by atoms with Gasteiger partial charge in [-0.15, -0.1) is 0 Å². The highest BCUT2D eigenvalue weighted by molar-refractivity contribution is 6.31. The van der Waals surface area contributed by atoms with Gasteiger partial charge in [0.25, 0.3) is 0 Å². The third kappa shape index (κ3) is 3.30. The Labute approximate surface area is 168 Å². The molecule has 0 radical (unpaired) electrons. The van der Waals surface area contributed by atoms with Gasteiger partial charge in [-0.25, -0.2) is 9.78 Å². The number of hydrogen-bond acceptors (Lipinski definition) is 6. The normalized spacial score (nSPS) is 16.8. The van der Waals surface area contributed by atoms with Crippen molar-refractivity contribution >= 4 is 28.5 Å². The number of allylic oxidation sites excluding steroid dienone is 2. The minimum Gasteiger partial charge on any atom is -0.463 e. The van der Waals surface area contributed by atoms with Crippen LogP contribution in [0.5, 0.6) is 0 Å². The Morgan fingerprint density at radius 2 is 2.07 bits per heavy atom. The van der Waals surface area contributed by atoms with Crippen molar-refractivity contribution in [1.82, 2.24) is 4.98 Å². The Morgan fingerprint density at radius 3 is 2.71 bits per heavy atom. The second-order valence-electron chi connectivity index (χ2n) is 6.64. The number of ether oxygens (including phenoxy) is 2. The summed E-state index contributed by atoms with van der Waals surface area (Å²) in [7, 11) is 0. The van der Waals surface area contributed by atoms with Gasteiger partial charge in [-0.3, -0.25) is 0 Å². The second kappa shape index (κ2) is 7.53. The molecule has 0 spiro atoms. The van der Waals surface area contributed by atoms with Crippen LogP contribution in [-0.4, -0.2) is 17.6 Å². The van der Waals surface area contributed by atoms with E-state index in [1.165, 1.54) is 0 Å². The molecule has 0 unspecified atom stereocenters. The minimum absolute atomic E-state index is 0.0605. The number of benzene rings is 1. The monoisotopic (exact) mass is 397 g/mol. The molecule has 7 heteroatoms. The molecule has 0 aliphatic carbocycles. The molecule has 0 saturated carbocycles. The van der Waals surface area contributed by atoms with E-state index in [1.807, 2.05) is 38.1 Å². The zero-order valence-electron chi connectivity index (χ0n) is 16.1. The second-order valence-corrected chi connectivity index (χ2v) is 7.00. The smallest absolute Gasteiger partial charge is 0.338 e. The maximum atomic E-state index is 12.6. The van der Waals surface area contributed by atoms with Gasteiger partial charge in [0.1, 0.15) is 22.6 Å². The Balaban J connectivity index is 2.30. The first-order valence-corrected chi connectivity index (χ1v) is 9.19. The highest BCUT2D eigenvalue weighted by atomic mass is 35.5. The van der Waals surface area contributed by atoms with Crippen molar-refractivity contribution in [2.24, 2.45) is 5.73 Å². The van der Waals surface area contributed by atoms with E-state index in [2.05, 4.69) is 4.98 Å².